The van der Waals surface area contributed by atoms with Crippen LogP contribution in [0.1, 0.15) is 38.1 Å². The Balaban J connectivity index is 1.98. The van der Waals surface area contributed by atoms with Gasteiger partial charge in [-0.2, -0.15) is 9.78 Å². The SMILES string of the molecule is CCCCc1nc2ccc(Br)cc2c(=O)n1N=Cc1ccc(O[C@@H](C)C(=O)O)c(Br)c1. The van der Waals surface area contributed by atoms with Crippen LogP contribution in [-0.4, -0.2) is 33.1 Å². The number of benzene rings is 2. The van der Waals surface area contributed by atoms with E-state index in [0.29, 0.717) is 38.9 Å². The number of hydrogen-bond donors (Lipinski definition) is 1. The number of carbonyl (C=O) groups is 1. The van der Waals surface area contributed by atoms with E-state index < -0.39 is 12.1 Å². The fraction of sp³-hybridized carbons (Fsp3) is 0.273. The lowest BCUT2D eigenvalue weighted by molar-refractivity contribution is -0.144. The molecular weight excluding hydrogens is 530 g/mol. The molecule has 0 radical (unpaired) electrons. The zero-order valence-corrected chi connectivity index (χ0v) is 20.2. The second-order valence-corrected chi connectivity index (χ2v) is 8.71. The molecule has 3 aromatic rings. The zero-order valence-electron chi connectivity index (χ0n) is 17.0. The second-order valence-electron chi connectivity index (χ2n) is 6.94. The average Bonchev–Trinajstić information content (AvgIpc) is 2.73. The van der Waals surface area contributed by atoms with Crippen molar-refractivity contribution in [3.8, 4) is 5.75 Å². The number of ether oxygens (including phenoxy) is 1. The number of fused-ring (bicyclic) bond motifs is 1. The Bertz CT molecular complexity index is 1210. The first-order chi connectivity index (χ1) is 14.8. The van der Waals surface area contributed by atoms with Gasteiger partial charge in [0.25, 0.3) is 5.56 Å². The molecule has 3 rings (SSSR count). The lowest BCUT2D eigenvalue weighted by atomic mass is 10.2. The van der Waals surface area contributed by atoms with E-state index in [1.54, 1.807) is 30.5 Å². The van der Waals surface area contributed by atoms with Crippen molar-refractivity contribution in [2.75, 3.05) is 0 Å². The van der Waals surface area contributed by atoms with Crippen molar-refractivity contribution in [3.63, 3.8) is 0 Å². The zero-order chi connectivity index (χ0) is 22.5. The first-order valence-electron chi connectivity index (χ1n) is 9.74. The standard InChI is InChI=1S/C22H21Br2N3O4/c1-3-4-5-20-26-18-8-7-15(23)11-16(18)21(28)27(20)25-12-14-6-9-19(17(24)10-14)31-13(2)22(29)30/h6-13H,3-5H2,1-2H3,(H,29,30)/t13-/m0/s1. The molecule has 1 N–H and O–H groups in total. The highest BCUT2D eigenvalue weighted by Crippen LogP contribution is 2.26. The Morgan fingerprint density at radius 2 is 2.06 bits per heavy atom. The van der Waals surface area contributed by atoms with Gasteiger partial charge in [0, 0.05) is 10.9 Å². The molecule has 0 aliphatic carbocycles. The van der Waals surface area contributed by atoms with Gasteiger partial charge in [0.05, 0.1) is 21.6 Å². The van der Waals surface area contributed by atoms with Crippen LogP contribution in [0.25, 0.3) is 10.9 Å². The molecule has 1 heterocycles. The summed E-state index contributed by atoms with van der Waals surface area (Å²) in [5.41, 5.74) is 1.12. The average molecular weight is 551 g/mol. The summed E-state index contributed by atoms with van der Waals surface area (Å²) >= 11 is 6.79. The van der Waals surface area contributed by atoms with Crippen LogP contribution in [0.15, 0.2) is 55.2 Å². The molecular formula is C22H21Br2N3O4. The first kappa shape index (κ1) is 23.1. The summed E-state index contributed by atoms with van der Waals surface area (Å²) in [4.78, 5) is 28.7. The van der Waals surface area contributed by atoms with E-state index in [1.165, 1.54) is 11.6 Å². The van der Waals surface area contributed by atoms with Crippen molar-refractivity contribution in [1.29, 1.82) is 0 Å². The number of halogens is 2. The fourth-order valence-corrected chi connectivity index (χ4v) is 3.72. The number of aliphatic carboxylic acids is 1. The minimum absolute atomic E-state index is 0.233. The van der Waals surface area contributed by atoms with E-state index in [1.807, 2.05) is 12.1 Å². The highest BCUT2D eigenvalue weighted by Gasteiger charge is 2.14. The monoisotopic (exact) mass is 549 g/mol. The molecule has 0 fully saturated rings. The van der Waals surface area contributed by atoms with E-state index in [2.05, 4.69) is 48.9 Å². The molecule has 0 aliphatic rings. The summed E-state index contributed by atoms with van der Waals surface area (Å²) in [6.45, 7) is 3.54. The van der Waals surface area contributed by atoms with E-state index in [9.17, 15) is 9.59 Å². The minimum atomic E-state index is -1.05. The van der Waals surface area contributed by atoms with Crippen molar-refractivity contribution in [2.24, 2.45) is 5.10 Å². The number of aryl methyl sites for hydroxylation is 1. The lowest BCUT2D eigenvalue weighted by Gasteiger charge is -2.12. The molecule has 7 nitrogen and oxygen atoms in total. The van der Waals surface area contributed by atoms with Crippen LogP contribution < -0.4 is 10.3 Å². The van der Waals surface area contributed by atoms with Gasteiger partial charge in [-0.15, -0.1) is 0 Å². The Labute approximate surface area is 196 Å². The molecule has 0 spiro atoms. The summed E-state index contributed by atoms with van der Waals surface area (Å²) in [6.07, 6.45) is 3.10. The molecule has 0 aliphatic heterocycles. The van der Waals surface area contributed by atoms with Crippen LogP contribution in [0, 0.1) is 0 Å². The molecule has 0 bridgehead atoms. The van der Waals surface area contributed by atoms with Gasteiger partial charge in [-0.25, -0.2) is 9.78 Å². The quantitative estimate of drug-likeness (QED) is 0.398. The Kier molecular flexibility index (Phi) is 7.61. The van der Waals surface area contributed by atoms with Gasteiger partial charge in [-0.3, -0.25) is 4.79 Å². The Hall–Kier alpha value is -2.52. The van der Waals surface area contributed by atoms with Gasteiger partial charge in [0.15, 0.2) is 6.10 Å². The number of unbranched alkanes of at least 4 members (excludes halogenated alkanes) is 1. The van der Waals surface area contributed by atoms with Crippen LogP contribution in [0.5, 0.6) is 5.75 Å². The van der Waals surface area contributed by atoms with Crippen LogP contribution in [0.2, 0.25) is 0 Å². The van der Waals surface area contributed by atoms with Crippen molar-refractivity contribution < 1.29 is 14.6 Å². The molecule has 0 saturated carbocycles. The van der Waals surface area contributed by atoms with Crippen molar-refractivity contribution in [2.45, 2.75) is 39.2 Å². The molecule has 0 unspecified atom stereocenters. The maximum atomic E-state index is 13.1. The highest BCUT2D eigenvalue weighted by atomic mass is 79.9. The van der Waals surface area contributed by atoms with Crippen molar-refractivity contribution in [3.05, 3.63) is 67.1 Å². The normalized spacial score (nSPS) is 12.4. The summed E-state index contributed by atoms with van der Waals surface area (Å²) in [5.74, 6) is -0.0377. The Morgan fingerprint density at radius 3 is 2.74 bits per heavy atom. The highest BCUT2D eigenvalue weighted by molar-refractivity contribution is 9.10. The molecule has 1 atom stereocenters. The number of rotatable bonds is 8. The number of aromatic nitrogens is 2. The maximum Gasteiger partial charge on any atom is 0.344 e. The maximum absolute atomic E-state index is 13.1. The van der Waals surface area contributed by atoms with E-state index in [0.717, 1.165) is 17.3 Å². The molecule has 162 valence electrons. The van der Waals surface area contributed by atoms with Gasteiger partial charge in [-0.05, 0) is 71.2 Å². The van der Waals surface area contributed by atoms with Crippen LogP contribution >= 0.6 is 31.9 Å². The number of carboxylic acid groups (broad SMARTS) is 1. The van der Waals surface area contributed by atoms with Gasteiger partial charge in [0.2, 0.25) is 0 Å². The van der Waals surface area contributed by atoms with Crippen LogP contribution in [-0.2, 0) is 11.2 Å². The lowest BCUT2D eigenvalue weighted by Crippen LogP contribution is -2.23. The number of nitrogens with zero attached hydrogens (tertiary/aromatic N) is 3. The topological polar surface area (TPSA) is 93.8 Å². The van der Waals surface area contributed by atoms with Crippen LogP contribution in [0.4, 0.5) is 0 Å². The largest absolute Gasteiger partial charge is 0.479 e. The molecule has 9 heteroatoms. The molecule has 0 saturated heterocycles. The second kappa shape index (κ2) is 10.2. The fourth-order valence-electron chi connectivity index (χ4n) is 2.87. The summed E-state index contributed by atoms with van der Waals surface area (Å²) < 4.78 is 8.13. The third kappa shape index (κ3) is 5.59. The minimum Gasteiger partial charge on any atom is -0.479 e. The first-order valence-corrected chi connectivity index (χ1v) is 11.3. The van der Waals surface area contributed by atoms with Gasteiger partial charge in [0.1, 0.15) is 11.6 Å². The van der Waals surface area contributed by atoms with Gasteiger partial charge < -0.3 is 9.84 Å². The molecule has 0 amide bonds. The predicted octanol–water partition coefficient (Wildman–Crippen LogP) is 5.00. The van der Waals surface area contributed by atoms with E-state index >= 15 is 0 Å². The summed E-state index contributed by atoms with van der Waals surface area (Å²) in [5, 5.41) is 13.9. The molecule has 1 aromatic heterocycles. The Morgan fingerprint density at radius 1 is 1.29 bits per heavy atom. The van der Waals surface area contributed by atoms with Gasteiger partial charge >= 0.3 is 5.97 Å². The third-order valence-electron chi connectivity index (χ3n) is 4.56. The smallest absolute Gasteiger partial charge is 0.344 e. The van der Waals surface area contributed by atoms with E-state index in [-0.39, 0.29) is 5.56 Å². The number of hydrogen-bond acceptors (Lipinski definition) is 5. The molecule has 2 aromatic carbocycles. The summed E-state index contributed by atoms with van der Waals surface area (Å²) in [6, 6.07) is 10.6. The number of carboxylic acids is 1. The van der Waals surface area contributed by atoms with Gasteiger partial charge in [-0.1, -0.05) is 29.3 Å². The summed E-state index contributed by atoms with van der Waals surface area (Å²) in [7, 11) is 0. The third-order valence-corrected chi connectivity index (χ3v) is 5.67. The van der Waals surface area contributed by atoms with Crippen molar-refractivity contribution >= 4 is 54.9 Å². The van der Waals surface area contributed by atoms with Crippen molar-refractivity contribution in [1.82, 2.24) is 9.66 Å². The van der Waals surface area contributed by atoms with Crippen LogP contribution in [0.3, 0.4) is 0 Å². The van der Waals surface area contributed by atoms with E-state index in [4.69, 9.17) is 9.84 Å². The predicted molar refractivity (Wildman–Crippen MR) is 127 cm³/mol. The molecule has 31 heavy (non-hydrogen) atoms.